The number of amidine groups is 1. The third kappa shape index (κ3) is 9.38. The van der Waals surface area contributed by atoms with E-state index in [1.807, 2.05) is 0 Å². The highest BCUT2D eigenvalue weighted by molar-refractivity contribution is 5.80. The van der Waals surface area contributed by atoms with Crippen molar-refractivity contribution in [2.45, 2.75) is 46.1 Å². The van der Waals surface area contributed by atoms with E-state index in [2.05, 4.69) is 9.99 Å². The van der Waals surface area contributed by atoms with Gasteiger partial charge in [0.2, 0.25) is 0 Å². The van der Waals surface area contributed by atoms with Gasteiger partial charge in [-0.15, -0.1) is 0 Å². The number of carboxylic acids is 1. The zero-order valence-electron chi connectivity index (χ0n) is 12.4. The van der Waals surface area contributed by atoms with E-state index in [1.165, 1.54) is 25.8 Å². The molecule has 0 spiro atoms. The zero-order valence-corrected chi connectivity index (χ0v) is 12.4. The number of carbonyl (C=O) groups excluding carboxylic acids is 2. The van der Waals surface area contributed by atoms with E-state index < -0.39 is 23.9 Å². The number of nitrogens with two attached hydrogens (primary N) is 1. The summed E-state index contributed by atoms with van der Waals surface area (Å²) in [5.74, 6) is -2.00. The van der Waals surface area contributed by atoms with Gasteiger partial charge < -0.3 is 20.5 Å². The second-order valence-electron chi connectivity index (χ2n) is 4.35. The van der Waals surface area contributed by atoms with Crippen LogP contribution in [0.15, 0.2) is 5.16 Å². The Bertz CT molecular complexity index is 410. The number of aliphatic carboxylic acids is 1. The minimum absolute atomic E-state index is 0.197. The van der Waals surface area contributed by atoms with Gasteiger partial charge >= 0.3 is 17.9 Å². The van der Waals surface area contributed by atoms with Crippen molar-refractivity contribution >= 4 is 23.7 Å². The third-order valence-electron chi connectivity index (χ3n) is 2.35. The highest BCUT2D eigenvalue weighted by Gasteiger charge is 2.14. The lowest BCUT2D eigenvalue weighted by Crippen LogP contribution is -2.33. The molecule has 0 saturated carbocycles. The molecule has 0 radical (unpaired) electrons. The van der Waals surface area contributed by atoms with E-state index in [-0.39, 0.29) is 12.4 Å². The molecule has 3 N–H and O–H groups in total. The van der Waals surface area contributed by atoms with Crippen LogP contribution in [0.1, 0.15) is 40.0 Å². The number of nitrogens with zero attached hydrogens (tertiary/aromatic N) is 2. The average molecular weight is 303 g/mol. The van der Waals surface area contributed by atoms with Gasteiger partial charge in [0.25, 0.3) is 0 Å². The molecular weight excluding hydrogens is 282 g/mol. The van der Waals surface area contributed by atoms with E-state index in [9.17, 15) is 14.4 Å². The fraction of sp³-hybridized carbons (Fsp3) is 0.667. The minimum atomic E-state index is -1.06. The lowest BCUT2D eigenvalue weighted by Gasteiger charge is -2.21. The molecule has 21 heavy (non-hydrogen) atoms. The summed E-state index contributed by atoms with van der Waals surface area (Å²) in [5.41, 5.74) is 5.38. The highest BCUT2D eigenvalue weighted by Crippen LogP contribution is 2.04. The van der Waals surface area contributed by atoms with Crippen molar-refractivity contribution in [2.75, 3.05) is 6.54 Å². The molecule has 0 aliphatic carbocycles. The first kappa shape index (κ1) is 18.8. The monoisotopic (exact) mass is 303 g/mol. The Morgan fingerprint density at radius 3 is 2.29 bits per heavy atom. The molecule has 0 aromatic carbocycles. The Hall–Kier alpha value is -2.16. The van der Waals surface area contributed by atoms with Crippen molar-refractivity contribution in [3.8, 4) is 0 Å². The molecule has 0 aromatic rings. The van der Waals surface area contributed by atoms with Crippen LogP contribution in [-0.4, -0.2) is 46.5 Å². The lowest BCUT2D eigenvalue weighted by atomic mass is 10.1. The van der Waals surface area contributed by atoms with Crippen molar-refractivity contribution in [3.05, 3.63) is 0 Å². The molecule has 0 amide bonds. The number of hydroxylamine groups is 2. The standard InChI is InChI=1S/C12H21N3O6/c1-8(14-20-9(2)16)15(21-10(3)17)7-5-4-6-11(13)12(18)19/h11H,4-7,13H2,1-3H3,(H,18,19)/t11-/m0/s1. The van der Waals surface area contributed by atoms with Gasteiger partial charge in [-0.25, -0.2) is 4.79 Å². The molecule has 1 atom stereocenters. The summed E-state index contributed by atoms with van der Waals surface area (Å²) in [6, 6.07) is -0.914. The summed E-state index contributed by atoms with van der Waals surface area (Å²) in [7, 11) is 0. The number of unbranched alkanes of at least 4 members (excludes halogenated alkanes) is 1. The van der Waals surface area contributed by atoms with Crippen LogP contribution in [0.2, 0.25) is 0 Å². The minimum Gasteiger partial charge on any atom is -0.480 e. The van der Waals surface area contributed by atoms with Crippen molar-refractivity contribution in [1.82, 2.24) is 5.06 Å². The SMILES string of the molecule is CC(=O)ON=C(C)N(CCCC[C@H](N)C(=O)O)OC(C)=O. The Labute approximate surface area is 122 Å². The maximum absolute atomic E-state index is 11.0. The molecule has 0 fully saturated rings. The van der Waals surface area contributed by atoms with Crippen LogP contribution >= 0.6 is 0 Å². The first-order chi connectivity index (χ1) is 9.73. The van der Waals surface area contributed by atoms with Crippen molar-refractivity contribution in [3.63, 3.8) is 0 Å². The van der Waals surface area contributed by atoms with E-state index in [0.29, 0.717) is 19.3 Å². The number of carbonyl (C=O) groups is 3. The number of rotatable bonds is 7. The van der Waals surface area contributed by atoms with E-state index in [4.69, 9.17) is 15.7 Å². The summed E-state index contributed by atoms with van der Waals surface area (Å²) in [6.45, 7) is 4.21. The van der Waals surface area contributed by atoms with Gasteiger partial charge in [-0.1, -0.05) is 5.16 Å². The second kappa shape index (κ2) is 9.70. The van der Waals surface area contributed by atoms with Crippen LogP contribution in [-0.2, 0) is 24.1 Å². The quantitative estimate of drug-likeness (QED) is 0.225. The van der Waals surface area contributed by atoms with E-state index in [1.54, 1.807) is 0 Å². The lowest BCUT2D eigenvalue weighted by molar-refractivity contribution is -0.170. The summed E-state index contributed by atoms with van der Waals surface area (Å²) < 4.78 is 0. The van der Waals surface area contributed by atoms with Gasteiger partial charge in [-0.3, -0.25) is 9.59 Å². The fourth-order valence-electron chi connectivity index (χ4n) is 1.35. The van der Waals surface area contributed by atoms with Gasteiger partial charge in [0.1, 0.15) is 6.04 Å². The Kier molecular flexibility index (Phi) is 8.70. The summed E-state index contributed by atoms with van der Waals surface area (Å²) in [6.07, 6.45) is 1.37. The molecule has 0 bridgehead atoms. The highest BCUT2D eigenvalue weighted by atomic mass is 16.7. The topological polar surface area (TPSA) is 132 Å². The summed E-state index contributed by atoms with van der Waals surface area (Å²) in [4.78, 5) is 41.6. The van der Waals surface area contributed by atoms with Crippen molar-refractivity contribution in [1.29, 1.82) is 0 Å². The first-order valence-electron chi connectivity index (χ1n) is 6.40. The smallest absolute Gasteiger partial charge is 0.332 e. The normalized spacial score (nSPS) is 12.5. The molecule has 9 heteroatoms. The first-order valence-corrected chi connectivity index (χ1v) is 6.40. The van der Waals surface area contributed by atoms with Crippen LogP contribution in [0.5, 0.6) is 0 Å². The predicted molar refractivity (Wildman–Crippen MR) is 72.8 cm³/mol. The molecule has 0 saturated heterocycles. The van der Waals surface area contributed by atoms with Crippen LogP contribution in [0.25, 0.3) is 0 Å². The van der Waals surface area contributed by atoms with Crippen molar-refractivity contribution < 1.29 is 29.2 Å². The van der Waals surface area contributed by atoms with Crippen molar-refractivity contribution in [2.24, 2.45) is 10.9 Å². The molecule has 0 aromatic heterocycles. The molecule has 0 rings (SSSR count). The van der Waals surface area contributed by atoms with Crippen LogP contribution in [0, 0.1) is 0 Å². The van der Waals surface area contributed by atoms with Gasteiger partial charge in [-0.05, 0) is 19.3 Å². The number of hydrogen-bond donors (Lipinski definition) is 2. The number of oxime groups is 1. The maximum atomic E-state index is 11.0. The summed E-state index contributed by atoms with van der Waals surface area (Å²) >= 11 is 0. The Balaban J connectivity index is 4.36. The number of carboxylic acid groups (broad SMARTS) is 1. The predicted octanol–water partition coefficient (Wildman–Crippen LogP) is 0.245. The van der Waals surface area contributed by atoms with Crippen LogP contribution in [0.3, 0.4) is 0 Å². The Morgan fingerprint density at radius 2 is 1.81 bits per heavy atom. The molecule has 0 unspecified atom stereocenters. The van der Waals surface area contributed by atoms with Gasteiger partial charge in [0.05, 0.1) is 6.54 Å². The molecule has 120 valence electrons. The number of hydrogen-bond acceptors (Lipinski definition) is 7. The summed E-state index contributed by atoms with van der Waals surface area (Å²) in [5, 5.41) is 13.3. The molecule has 0 heterocycles. The van der Waals surface area contributed by atoms with E-state index in [0.717, 1.165) is 0 Å². The second-order valence-corrected chi connectivity index (χ2v) is 4.35. The fourth-order valence-corrected chi connectivity index (χ4v) is 1.35. The molecular formula is C12H21N3O6. The van der Waals surface area contributed by atoms with Gasteiger partial charge in [0, 0.05) is 20.8 Å². The average Bonchev–Trinajstić information content (AvgIpc) is 2.38. The largest absolute Gasteiger partial charge is 0.480 e. The molecule has 0 aliphatic rings. The zero-order chi connectivity index (χ0) is 16.4. The van der Waals surface area contributed by atoms with Crippen LogP contribution in [0.4, 0.5) is 0 Å². The maximum Gasteiger partial charge on any atom is 0.332 e. The Morgan fingerprint density at radius 1 is 1.19 bits per heavy atom. The van der Waals surface area contributed by atoms with Gasteiger partial charge in [-0.2, -0.15) is 5.06 Å². The van der Waals surface area contributed by atoms with E-state index >= 15 is 0 Å². The third-order valence-corrected chi connectivity index (χ3v) is 2.35. The molecule has 9 nitrogen and oxygen atoms in total. The van der Waals surface area contributed by atoms with Gasteiger partial charge in [0.15, 0.2) is 5.84 Å². The molecule has 0 aliphatic heterocycles. The van der Waals surface area contributed by atoms with Crippen LogP contribution < -0.4 is 5.73 Å².